The molecule has 0 N–H and O–H groups in total. The van der Waals surface area contributed by atoms with Gasteiger partial charge in [-0.1, -0.05) is 15.8 Å². The van der Waals surface area contributed by atoms with Crippen LogP contribution in [0.15, 0.2) is 24.3 Å². The smallest absolute Gasteiger partial charge is 0.220 e. The number of hydrogen-bond donors (Lipinski definition) is 0. The van der Waals surface area contributed by atoms with Crippen molar-refractivity contribution >= 4 is 27.2 Å². The molecule has 0 unspecified atom stereocenters. The summed E-state index contributed by atoms with van der Waals surface area (Å²) in [7, 11) is 0. The topological polar surface area (TPSA) is 44.8 Å². The van der Waals surface area contributed by atoms with Crippen LogP contribution in [0.2, 0.25) is 0 Å². The van der Waals surface area contributed by atoms with Gasteiger partial charge in [0.2, 0.25) is 27.2 Å². The minimum Gasteiger partial charge on any atom is -0.691 e. The molecule has 2 aromatic rings. The predicted octanol–water partition coefficient (Wildman–Crippen LogP) is 0.828. The normalized spacial score (nSPS) is 10.6. The monoisotopic (exact) mass is 213 g/mol. The van der Waals surface area contributed by atoms with Crippen LogP contribution in [0.1, 0.15) is 0 Å². The molecule has 0 saturated carbocycles. The third kappa shape index (κ3) is 0.883. The van der Waals surface area contributed by atoms with Gasteiger partial charge in [0.1, 0.15) is 5.21 Å². The highest BCUT2D eigenvalue weighted by molar-refractivity contribution is 9.08. The Kier molecular flexibility index (Phi) is 1.32. The van der Waals surface area contributed by atoms with Gasteiger partial charge in [-0.15, -0.1) is 4.85 Å². The highest BCUT2D eigenvalue weighted by atomic mass is 79.9. The minimum absolute atomic E-state index is 0.560. The fourth-order valence-corrected chi connectivity index (χ4v) is 1.38. The first-order valence-corrected chi connectivity index (χ1v) is 3.74. The van der Waals surface area contributed by atoms with Crippen molar-refractivity contribution in [2.24, 2.45) is 0 Å². The largest absolute Gasteiger partial charge is 0.691 e. The van der Waals surface area contributed by atoms with Crippen molar-refractivity contribution < 1.29 is 4.85 Å². The van der Waals surface area contributed by atoms with Gasteiger partial charge < -0.3 is 5.21 Å². The first-order valence-electron chi connectivity index (χ1n) is 3.03. The molecule has 0 aliphatic rings. The number of rotatable bonds is 0. The second kappa shape index (κ2) is 2.20. The maximum Gasteiger partial charge on any atom is 0.220 e. The molecule has 1 heterocycles. The molecule has 0 fully saturated rings. The number of para-hydroxylation sites is 2. The third-order valence-electron chi connectivity index (χ3n) is 1.45. The number of aromatic nitrogens is 3. The van der Waals surface area contributed by atoms with Gasteiger partial charge in [-0.05, 0) is 12.1 Å². The van der Waals surface area contributed by atoms with Crippen LogP contribution in [-0.4, -0.2) is 8.92 Å². The zero-order chi connectivity index (χ0) is 7.84. The molecular formula is C6H4BrN3O. The van der Waals surface area contributed by atoms with Gasteiger partial charge in [0.15, 0.2) is 0 Å². The van der Waals surface area contributed by atoms with E-state index >= 15 is 0 Å². The molecule has 0 aliphatic carbocycles. The van der Waals surface area contributed by atoms with E-state index in [0.29, 0.717) is 10.4 Å². The zero-order valence-corrected chi connectivity index (χ0v) is 7.02. The van der Waals surface area contributed by atoms with Crippen LogP contribution in [0, 0.1) is 5.21 Å². The maximum absolute atomic E-state index is 11.0. The Balaban J connectivity index is 2.95. The van der Waals surface area contributed by atoms with Crippen molar-refractivity contribution in [2.75, 3.05) is 0 Å². The van der Waals surface area contributed by atoms with Gasteiger partial charge in [-0.3, -0.25) is 0 Å². The van der Waals surface area contributed by atoms with Crippen LogP contribution < -0.4 is 4.85 Å². The second-order valence-corrected chi connectivity index (χ2v) is 2.78. The fraction of sp³-hybridized carbons (Fsp3) is 0. The molecule has 0 amide bonds. The summed E-state index contributed by atoms with van der Waals surface area (Å²) in [4.78, 5) is 0.573. The lowest BCUT2D eigenvalue weighted by Gasteiger charge is -1.89. The lowest BCUT2D eigenvalue weighted by atomic mass is 10.3. The van der Waals surface area contributed by atoms with E-state index in [1.165, 1.54) is 3.71 Å². The number of fused-ring (bicyclic) bond motifs is 1. The molecule has 0 spiro atoms. The quantitative estimate of drug-likeness (QED) is 0.481. The van der Waals surface area contributed by atoms with Gasteiger partial charge in [0.05, 0.1) is 0 Å². The number of hydrogen-bond acceptors (Lipinski definition) is 2. The van der Waals surface area contributed by atoms with Crippen molar-refractivity contribution in [3.63, 3.8) is 0 Å². The molecule has 4 nitrogen and oxygen atoms in total. The Labute approximate surface area is 70.9 Å². The summed E-state index contributed by atoms with van der Waals surface area (Å²) in [5, 5.41) is 14.5. The summed E-state index contributed by atoms with van der Waals surface area (Å²) in [6.45, 7) is 0. The van der Waals surface area contributed by atoms with Gasteiger partial charge in [-0.25, -0.2) is 0 Å². The van der Waals surface area contributed by atoms with Crippen molar-refractivity contribution in [3.05, 3.63) is 29.5 Å². The molecule has 5 heteroatoms. The van der Waals surface area contributed by atoms with Crippen molar-refractivity contribution in [3.8, 4) is 0 Å². The van der Waals surface area contributed by atoms with E-state index in [1.807, 2.05) is 12.1 Å². The van der Waals surface area contributed by atoms with Gasteiger partial charge in [0, 0.05) is 0 Å². The van der Waals surface area contributed by atoms with E-state index in [1.54, 1.807) is 12.1 Å². The molecule has 0 atom stereocenters. The molecule has 0 bridgehead atoms. The van der Waals surface area contributed by atoms with Crippen LogP contribution in [-0.2, 0) is 0 Å². The third-order valence-corrected chi connectivity index (χ3v) is 1.97. The summed E-state index contributed by atoms with van der Waals surface area (Å²) in [5.74, 6) is 0. The van der Waals surface area contributed by atoms with E-state index in [4.69, 9.17) is 0 Å². The van der Waals surface area contributed by atoms with Crippen LogP contribution in [0.25, 0.3) is 11.0 Å². The average molecular weight is 214 g/mol. The van der Waals surface area contributed by atoms with E-state index in [0.717, 1.165) is 5.52 Å². The molecule has 1 aromatic heterocycles. The molecule has 2 rings (SSSR count). The zero-order valence-electron chi connectivity index (χ0n) is 5.44. The Morgan fingerprint density at radius 3 is 2.91 bits per heavy atom. The molecule has 11 heavy (non-hydrogen) atoms. The predicted molar refractivity (Wildman–Crippen MR) is 43.0 cm³/mol. The standard InChI is InChI=1S/C6H4BrN3O/c7-9-5-3-1-2-4-6(5)10(11)8-9/h1-4H. The Morgan fingerprint density at radius 1 is 1.45 bits per heavy atom. The Morgan fingerprint density at radius 2 is 2.18 bits per heavy atom. The summed E-state index contributed by atoms with van der Waals surface area (Å²) >= 11 is 3.10. The maximum atomic E-state index is 11.0. The van der Waals surface area contributed by atoms with E-state index in [9.17, 15) is 5.21 Å². The lowest BCUT2D eigenvalue weighted by molar-refractivity contribution is -0.644. The van der Waals surface area contributed by atoms with E-state index in [2.05, 4.69) is 21.4 Å². The van der Waals surface area contributed by atoms with E-state index in [-0.39, 0.29) is 0 Å². The van der Waals surface area contributed by atoms with Crippen molar-refractivity contribution in [2.45, 2.75) is 0 Å². The first-order chi connectivity index (χ1) is 5.29. The summed E-state index contributed by atoms with van der Waals surface area (Å²) in [5.41, 5.74) is 1.33. The Bertz CT molecular complexity index is 362. The number of halogens is 1. The average Bonchev–Trinajstić information content (AvgIpc) is 2.30. The highest BCUT2D eigenvalue weighted by Gasteiger charge is 2.09. The van der Waals surface area contributed by atoms with E-state index < -0.39 is 0 Å². The minimum atomic E-state index is 0.560. The number of nitrogens with zero attached hydrogens (tertiary/aromatic N) is 3. The molecule has 0 aliphatic heterocycles. The first kappa shape index (κ1) is 6.60. The van der Waals surface area contributed by atoms with Gasteiger partial charge in [-0.2, -0.15) is 0 Å². The number of benzene rings is 1. The van der Waals surface area contributed by atoms with Crippen LogP contribution in [0.4, 0.5) is 0 Å². The fourth-order valence-electron chi connectivity index (χ4n) is 0.950. The molecule has 56 valence electrons. The highest BCUT2D eigenvalue weighted by Crippen LogP contribution is 2.09. The summed E-state index contributed by atoms with van der Waals surface area (Å²) in [6, 6.07) is 7.17. The van der Waals surface area contributed by atoms with Crippen molar-refractivity contribution in [1.29, 1.82) is 0 Å². The molecule has 0 saturated heterocycles. The lowest BCUT2D eigenvalue weighted by Crippen LogP contribution is -2.28. The Hall–Kier alpha value is -1.10. The van der Waals surface area contributed by atoms with Crippen LogP contribution in [0.5, 0.6) is 0 Å². The van der Waals surface area contributed by atoms with Crippen molar-refractivity contribution in [1.82, 2.24) is 8.92 Å². The summed E-state index contributed by atoms with van der Waals surface area (Å²) < 4.78 is 1.37. The van der Waals surface area contributed by atoms with Crippen LogP contribution >= 0.6 is 16.1 Å². The SMILES string of the molecule is [O-][n+]1nn(Br)c2ccccc21. The molecular weight excluding hydrogens is 210 g/mol. The second-order valence-electron chi connectivity index (χ2n) is 2.11. The molecule has 0 radical (unpaired) electrons. The van der Waals surface area contributed by atoms with Gasteiger partial charge >= 0.3 is 0 Å². The van der Waals surface area contributed by atoms with Crippen LogP contribution in [0.3, 0.4) is 0 Å². The molecule has 1 aromatic carbocycles. The summed E-state index contributed by atoms with van der Waals surface area (Å²) in [6.07, 6.45) is 0. The van der Waals surface area contributed by atoms with Gasteiger partial charge in [0.25, 0.3) is 0 Å².